The van der Waals surface area contributed by atoms with Crippen molar-refractivity contribution in [2.24, 2.45) is 0 Å². The van der Waals surface area contributed by atoms with E-state index in [2.05, 4.69) is 4.74 Å². The third kappa shape index (κ3) is 3.64. The number of esters is 1. The summed E-state index contributed by atoms with van der Waals surface area (Å²) in [4.78, 5) is 11.1. The first-order chi connectivity index (χ1) is 8.04. The second kappa shape index (κ2) is 5.69. The highest BCUT2D eigenvalue weighted by atomic mass is 16.5. The minimum atomic E-state index is -0.865. The summed E-state index contributed by atoms with van der Waals surface area (Å²) in [6, 6.07) is 5.84. The van der Waals surface area contributed by atoms with Crippen molar-refractivity contribution in [2.45, 2.75) is 6.92 Å². The Bertz CT molecular complexity index is 448. The number of aromatic hydroxyl groups is 1. The Labute approximate surface area is 98.5 Å². The molecule has 0 heterocycles. The molecule has 5 heteroatoms. The van der Waals surface area contributed by atoms with Crippen molar-refractivity contribution in [3.05, 3.63) is 41.7 Å². The number of phenols is 1. The number of carbonyl (C=O) groups is 1. The summed E-state index contributed by atoms with van der Waals surface area (Å²) in [7, 11) is 0. The molecule has 0 unspecified atom stereocenters. The van der Waals surface area contributed by atoms with Gasteiger partial charge < -0.3 is 20.4 Å². The summed E-state index contributed by atoms with van der Waals surface area (Å²) in [5.74, 6) is -1.40. The molecule has 0 aliphatic rings. The van der Waals surface area contributed by atoms with Crippen molar-refractivity contribution in [2.75, 3.05) is 6.61 Å². The number of allylic oxidation sites excluding steroid dienone is 1. The molecule has 90 valence electrons. The third-order valence-electron chi connectivity index (χ3n) is 1.94. The predicted octanol–water partition coefficient (Wildman–Crippen LogP) is 1.77. The molecule has 0 spiro atoms. The number of hydrogen-bond acceptors (Lipinski definition) is 5. The van der Waals surface area contributed by atoms with E-state index in [1.54, 1.807) is 6.92 Å². The number of hydrogen-bond donors (Lipinski definition) is 3. The van der Waals surface area contributed by atoms with Crippen LogP contribution < -0.4 is 0 Å². The standard InChI is InChI=1S/C12H13NO4/c1-2-17-12(16)11(15)7-10(13)8-3-5-9(14)6-4-8/h3-7,13-15H,2H2,1H3/b11-7-,13-10?. The van der Waals surface area contributed by atoms with Gasteiger partial charge in [0, 0.05) is 6.08 Å². The van der Waals surface area contributed by atoms with Crippen molar-refractivity contribution in [1.82, 2.24) is 0 Å². The third-order valence-corrected chi connectivity index (χ3v) is 1.94. The van der Waals surface area contributed by atoms with Crippen molar-refractivity contribution in [3.63, 3.8) is 0 Å². The molecule has 0 saturated heterocycles. The molecule has 1 aromatic rings. The first kappa shape index (κ1) is 12.8. The van der Waals surface area contributed by atoms with E-state index in [-0.39, 0.29) is 18.1 Å². The first-order valence-corrected chi connectivity index (χ1v) is 5.00. The zero-order valence-electron chi connectivity index (χ0n) is 9.30. The molecule has 0 aliphatic heterocycles. The number of rotatable bonds is 4. The van der Waals surface area contributed by atoms with E-state index in [0.29, 0.717) is 5.56 Å². The maximum atomic E-state index is 11.1. The Balaban J connectivity index is 2.81. The number of nitrogens with one attached hydrogen (secondary N) is 1. The number of carbonyl (C=O) groups excluding carboxylic acids is 1. The van der Waals surface area contributed by atoms with Crippen LogP contribution in [0.4, 0.5) is 0 Å². The minimum absolute atomic E-state index is 0.0458. The topological polar surface area (TPSA) is 90.6 Å². The molecule has 0 aromatic heterocycles. The smallest absolute Gasteiger partial charge is 0.373 e. The summed E-state index contributed by atoms with van der Waals surface area (Å²) >= 11 is 0. The highest BCUT2D eigenvalue weighted by Gasteiger charge is 2.09. The molecule has 0 saturated carbocycles. The summed E-state index contributed by atoms with van der Waals surface area (Å²) in [5, 5.41) is 26.0. The maximum Gasteiger partial charge on any atom is 0.373 e. The van der Waals surface area contributed by atoms with Gasteiger partial charge in [0.2, 0.25) is 5.76 Å². The van der Waals surface area contributed by atoms with Gasteiger partial charge in [-0.05, 0) is 36.8 Å². The highest BCUT2D eigenvalue weighted by Crippen LogP contribution is 2.11. The maximum absolute atomic E-state index is 11.1. The lowest BCUT2D eigenvalue weighted by atomic mass is 10.1. The molecule has 0 atom stereocenters. The van der Waals surface area contributed by atoms with Crippen LogP contribution in [0.25, 0.3) is 0 Å². The van der Waals surface area contributed by atoms with Crippen LogP contribution in [-0.4, -0.2) is 28.5 Å². The Morgan fingerprint density at radius 3 is 2.53 bits per heavy atom. The zero-order valence-corrected chi connectivity index (χ0v) is 9.30. The number of aliphatic hydroxyl groups is 1. The van der Waals surface area contributed by atoms with Crippen molar-refractivity contribution in [1.29, 1.82) is 5.41 Å². The fourth-order valence-corrected chi connectivity index (χ4v) is 1.13. The van der Waals surface area contributed by atoms with Crippen LogP contribution in [0.5, 0.6) is 5.75 Å². The van der Waals surface area contributed by atoms with Gasteiger partial charge in [-0.1, -0.05) is 0 Å². The van der Waals surface area contributed by atoms with Crippen LogP contribution in [0.2, 0.25) is 0 Å². The number of benzene rings is 1. The fraction of sp³-hybridized carbons (Fsp3) is 0.167. The lowest BCUT2D eigenvalue weighted by Crippen LogP contribution is -2.09. The first-order valence-electron chi connectivity index (χ1n) is 5.00. The lowest BCUT2D eigenvalue weighted by molar-refractivity contribution is -0.141. The highest BCUT2D eigenvalue weighted by molar-refractivity contribution is 6.09. The fourth-order valence-electron chi connectivity index (χ4n) is 1.13. The second-order valence-electron chi connectivity index (χ2n) is 3.21. The van der Waals surface area contributed by atoms with Gasteiger partial charge in [-0.15, -0.1) is 0 Å². The average molecular weight is 235 g/mol. The van der Waals surface area contributed by atoms with Crippen LogP contribution >= 0.6 is 0 Å². The predicted molar refractivity (Wildman–Crippen MR) is 62.3 cm³/mol. The average Bonchev–Trinajstić information content (AvgIpc) is 2.30. The van der Waals surface area contributed by atoms with Crippen molar-refractivity contribution in [3.8, 4) is 5.75 Å². The Kier molecular flexibility index (Phi) is 4.28. The molecule has 0 radical (unpaired) electrons. The molecule has 17 heavy (non-hydrogen) atoms. The molecule has 0 amide bonds. The molecular formula is C12H13NO4. The molecule has 1 rings (SSSR count). The van der Waals surface area contributed by atoms with Crippen LogP contribution in [0.15, 0.2) is 36.1 Å². The zero-order chi connectivity index (χ0) is 12.8. The van der Waals surface area contributed by atoms with Crippen LogP contribution in [0.3, 0.4) is 0 Å². The SMILES string of the molecule is CCOC(=O)/C(O)=C/C(=N)c1ccc(O)cc1. The minimum Gasteiger partial charge on any atom is -0.508 e. The molecular weight excluding hydrogens is 222 g/mol. The number of ether oxygens (including phenoxy) is 1. The van der Waals surface area contributed by atoms with Gasteiger partial charge in [-0.25, -0.2) is 4.79 Å². The lowest BCUT2D eigenvalue weighted by Gasteiger charge is -2.02. The van der Waals surface area contributed by atoms with E-state index in [0.717, 1.165) is 6.08 Å². The van der Waals surface area contributed by atoms with E-state index in [9.17, 15) is 9.90 Å². The van der Waals surface area contributed by atoms with Crippen LogP contribution in [0, 0.1) is 5.41 Å². The normalized spacial score (nSPS) is 11.0. The van der Waals surface area contributed by atoms with E-state index < -0.39 is 11.7 Å². The van der Waals surface area contributed by atoms with E-state index in [1.165, 1.54) is 24.3 Å². The van der Waals surface area contributed by atoms with Crippen molar-refractivity contribution < 1.29 is 19.7 Å². The Morgan fingerprint density at radius 1 is 1.41 bits per heavy atom. The number of phenolic OH excluding ortho intramolecular Hbond substituents is 1. The summed E-state index contributed by atoms with van der Waals surface area (Å²) in [6.07, 6.45) is 1.00. The van der Waals surface area contributed by atoms with Gasteiger partial charge in [0.05, 0.1) is 12.3 Å². The van der Waals surface area contributed by atoms with Gasteiger partial charge >= 0.3 is 5.97 Å². The summed E-state index contributed by atoms with van der Waals surface area (Å²) in [5.41, 5.74) is 0.425. The molecule has 1 aromatic carbocycles. The Hall–Kier alpha value is -2.30. The summed E-state index contributed by atoms with van der Waals surface area (Å²) < 4.78 is 4.57. The van der Waals surface area contributed by atoms with Gasteiger partial charge in [-0.2, -0.15) is 0 Å². The quantitative estimate of drug-likeness (QED) is 0.321. The molecule has 3 N–H and O–H groups in total. The van der Waals surface area contributed by atoms with Gasteiger partial charge in [0.25, 0.3) is 0 Å². The summed E-state index contributed by atoms with van der Waals surface area (Å²) in [6.45, 7) is 1.78. The van der Waals surface area contributed by atoms with Crippen molar-refractivity contribution >= 4 is 11.7 Å². The largest absolute Gasteiger partial charge is 0.508 e. The Morgan fingerprint density at radius 2 is 2.00 bits per heavy atom. The van der Waals surface area contributed by atoms with Crippen LogP contribution in [-0.2, 0) is 9.53 Å². The molecule has 0 bridgehead atoms. The molecule has 5 nitrogen and oxygen atoms in total. The van der Waals surface area contributed by atoms with E-state index in [1.807, 2.05) is 0 Å². The van der Waals surface area contributed by atoms with E-state index >= 15 is 0 Å². The van der Waals surface area contributed by atoms with Gasteiger partial charge in [0.15, 0.2) is 0 Å². The monoisotopic (exact) mass is 235 g/mol. The van der Waals surface area contributed by atoms with E-state index in [4.69, 9.17) is 10.5 Å². The van der Waals surface area contributed by atoms with Gasteiger partial charge in [0.1, 0.15) is 5.75 Å². The van der Waals surface area contributed by atoms with Crippen LogP contribution in [0.1, 0.15) is 12.5 Å². The number of aliphatic hydroxyl groups excluding tert-OH is 1. The second-order valence-corrected chi connectivity index (χ2v) is 3.21. The molecule has 0 fully saturated rings. The van der Waals surface area contributed by atoms with Gasteiger partial charge in [-0.3, -0.25) is 0 Å². The molecule has 0 aliphatic carbocycles.